The van der Waals surface area contributed by atoms with Gasteiger partial charge in [0.05, 0.1) is 4.88 Å². The molecule has 170 valence electrons. The van der Waals surface area contributed by atoms with Crippen LogP contribution in [0.3, 0.4) is 0 Å². The Hall–Kier alpha value is -2.77. The van der Waals surface area contributed by atoms with Gasteiger partial charge in [-0.25, -0.2) is 12.8 Å². The van der Waals surface area contributed by atoms with Gasteiger partial charge in [0.2, 0.25) is 5.76 Å². The summed E-state index contributed by atoms with van der Waals surface area (Å²) < 4.78 is 83.4. The van der Waals surface area contributed by atoms with Crippen LogP contribution in [0.4, 0.5) is 17.6 Å². The summed E-state index contributed by atoms with van der Waals surface area (Å²) in [5.74, 6) is -3.26. The molecule has 7 nitrogen and oxygen atoms in total. The quantitative estimate of drug-likeness (QED) is 0.505. The van der Waals surface area contributed by atoms with E-state index in [0.29, 0.717) is 23.0 Å². The van der Waals surface area contributed by atoms with Gasteiger partial charge < -0.3 is 9.63 Å². The lowest BCUT2D eigenvalue weighted by Crippen LogP contribution is -2.47. The Morgan fingerprint density at radius 1 is 1.22 bits per heavy atom. The number of benzene rings is 1. The van der Waals surface area contributed by atoms with Crippen molar-refractivity contribution >= 4 is 27.3 Å². The van der Waals surface area contributed by atoms with Crippen LogP contribution in [0.25, 0.3) is 10.6 Å². The standard InChI is InChI=1S/C19H14F4N2O5S2/c1-17(10-2-4-11(20)5-3-10)9-18(17,16(26)27)25-32(28,29)15-7-6-13(31-15)12-8-14(30-24-12)19(21,22)23/h2-8,25H,9H2,1H3,(H,26,27). The first-order valence-electron chi connectivity index (χ1n) is 8.96. The van der Waals surface area contributed by atoms with E-state index in [-0.39, 0.29) is 21.2 Å². The monoisotopic (exact) mass is 490 g/mol. The number of aromatic nitrogens is 1. The lowest BCUT2D eigenvalue weighted by Gasteiger charge is -2.20. The Labute approximate surface area is 182 Å². The minimum absolute atomic E-state index is 0.0728. The van der Waals surface area contributed by atoms with Gasteiger partial charge in [0.25, 0.3) is 10.0 Å². The molecule has 0 radical (unpaired) electrons. The van der Waals surface area contributed by atoms with Gasteiger partial charge in [-0.3, -0.25) is 4.79 Å². The summed E-state index contributed by atoms with van der Waals surface area (Å²) in [6.07, 6.45) is -4.82. The molecule has 2 heterocycles. The van der Waals surface area contributed by atoms with Crippen molar-refractivity contribution in [2.24, 2.45) is 0 Å². The molecule has 0 amide bonds. The molecule has 0 aliphatic heterocycles. The van der Waals surface area contributed by atoms with Gasteiger partial charge in [0, 0.05) is 11.5 Å². The Balaban J connectivity index is 1.62. The predicted molar refractivity (Wildman–Crippen MR) is 104 cm³/mol. The van der Waals surface area contributed by atoms with E-state index in [2.05, 4.69) is 14.4 Å². The number of rotatable bonds is 6. The maximum Gasteiger partial charge on any atom is 0.452 e. The number of sulfonamides is 1. The number of carboxylic acid groups (broad SMARTS) is 1. The van der Waals surface area contributed by atoms with Crippen LogP contribution in [0.15, 0.2) is 51.2 Å². The van der Waals surface area contributed by atoms with E-state index in [1.54, 1.807) is 6.92 Å². The molecule has 2 N–H and O–H groups in total. The zero-order valence-electron chi connectivity index (χ0n) is 16.1. The SMILES string of the molecule is CC1(c2ccc(F)cc2)CC1(NS(=O)(=O)c1ccc(-c2cc(C(F)(F)F)on2)s1)C(=O)O. The second-order valence-electron chi connectivity index (χ2n) is 7.52. The molecule has 1 aliphatic rings. The molecule has 1 aliphatic carbocycles. The molecular weight excluding hydrogens is 476 g/mol. The molecule has 13 heteroatoms. The van der Waals surface area contributed by atoms with Crippen LogP contribution in [-0.4, -0.2) is 30.2 Å². The Bertz CT molecular complexity index is 1300. The van der Waals surface area contributed by atoms with E-state index in [9.17, 15) is 35.9 Å². The van der Waals surface area contributed by atoms with E-state index in [4.69, 9.17) is 0 Å². The van der Waals surface area contributed by atoms with Crippen molar-refractivity contribution in [2.75, 3.05) is 0 Å². The molecule has 0 spiro atoms. The van der Waals surface area contributed by atoms with E-state index >= 15 is 0 Å². The number of hydrogen-bond acceptors (Lipinski definition) is 6. The molecular formula is C19H14F4N2O5S2. The number of nitrogens with one attached hydrogen (secondary N) is 1. The molecule has 2 aromatic heterocycles. The van der Waals surface area contributed by atoms with Gasteiger partial charge in [0.1, 0.15) is 21.3 Å². The summed E-state index contributed by atoms with van der Waals surface area (Å²) in [4.78, 5) is 12.1. The minimum atomic E-state index is -4.75. The molecule has 32 heavy (non-hydrogen) atoms. The molecule has 0 saturated heterocycles. The van der Waals surface area contributed by atoms with Crippen LogP contribution in [0.1, 0.15) is 24.7 Å². The average Bonchev–Trinajstić information content (AvgIpc) is 3.13. The van der Waals surface area contributed by atoms with Crippen molar-refractivity contribution in [3.63, 3.8) is 0 Å². The number of aliphatic carboxylic acids is 1. The summed E-state index contributed by atoms with van der Waals surface area (Å²) in [6.45, 7) is 1.55. The number of thiophene rings is 1. The van der Waals surface area contributed by atoms with Crippen molar-refractivity contribution in [1.29, 1.82) is 0 Å². The molecule has 3 aromatic rings. The van der Waals surface area contributed by atoms with Gasteiger partial charge in [-0.05, 0) is 36.2 Å². The molecule has 1 aromatic carbocycles. The van der Waals surface area contributed by atoms with Gasteiger partial charge in [-0.2, -0.15) is 17.9 Å². The third kappa shape index (κ3) is 3.59. The summed E-state index contributed by atoms with van der Waals surface area (Å²) in [6, 6.07) is 8.10. The van der Waals surface area contributed by atoms with E-state index in [0.717, 1.165) is 18.2 Å². The maximum atomic E-state index is 13.2. The topological polar surface area (TPSA) is 110 Å². The number of carbonyl (C=O) groups is 1. The van der Waals surface area contributed by atoms with Gasteiger partial charge in [-0.15, -0.1) is 11.3 Å². The highest BCUT2D eigenvalue weighted by Crippen LogP contribution is 2.58. The highest BCUT2D eigenvalue weighted by molar-refractivity contribution is 7.91. The first-order valence-corrected chi connectivity index (χ1v) is 11.3. The molecule has 2 unspecified atom stereocenters. The molecule has 0 bridgehead atoms. The number of nitrogens with zero attached hydrogens (tertiary/aromatic N) is 1. The van der Waals surface area contributed by atoms with Crippen LogP contribution in [-0.2, 0) is 26.4 Å². The Morgan fingerprint density at radius 3 is 2.44 bits per heavy atom. The Kier molecular flexibility index (Phi) is 4.99. The van der Waals surface area contributed by atoms with Gasteiger partial charge >= 0.3 is 12.1 Å². The first kappa shape index (κ1) is 22.4. The average molecular weight is 490 g/mol. The second kappa shape index (κ2) is 7.12. The van der Waals surface area contributed by atoms with Crippen LogP contribution >= 0.6 is 11.3 Å². The van der Waals surface area contributed by atoms with Crippen LogP contribution in [0.2, 0.25) is 0 Å². The predicted octanol–water partition coefficient (Wildman–Crippen LogP) is 4.02. The van der Waals surface area contributed by atoms with Crippen molar-refractivity contribution in [2.45, 2.75) is 34.7 Å². The smallest absolute Gasteiger partial charge is 0.452 e. The van der Waals surface area contributed by atoms with E-state index in [1.807, 2.05) is 0 Å². The zero-order valence-corrected chi connectivity index (χ0v) is 17.7. The normalized spacial score (nSPS) is 23.3. The van der Waals surface area contributed by atoms with Crippen LogP contribution in [0.5, 0.6) is 0 Å². The van der Waals surface area contributed by atoms with Crippen molar-refractivity contribution in [3.8, 4) is 10.6 Å². The van der Waals surface area contributed by atoms with Crippen molar-refractivity contribution in [3.05, 3.63) is 59.6 Å². The lowest BCUT2D eigenvalue weighted by molar-refractivity contribution is -0.155. The molecule has 1 saturated carbocycles. The largest absolute Gasteiger partial charge is 0.480 e. The number of carboxylic acids is 1. The Morgan fingerprint density at radius 2 is 1.88 bits per heavy atom. The highest BCUT2D eigenvalue weighted by Gasteiger charge is 2.72. The van der Waals surface area contributed by atoms with Crippen molar-refractivity contribution < 1.29 is 40.4 Å². The maximum absolute atomic E-state index is 13.2. The zero-order chi connectivity index (χ0) is 23.5. The first-order chi connectivity index (χ1) is 14.8. The van der Waals surface area contributed by atoms with E-state index < -0.39 is 44.7 Å². The van der Waals surface area contributed by atoms with Gasteiger partial charge in [0.15, 0.2) is 0 Å². The lowest BCUT2D eigenvalue weighted by atomic mass is 9.93. The molecule has 1 fully saturated rings. The number of hydrogen-bond donors (Lipinski definition) is 2. The third-order valence-corrected chi connectivity index (χ3v) is 8.57. The summed E-state index contributed by atoms with van der Waals surface area (Å²) in [5.41, 5.74) is -2.77. The summed E-state index contributed by atoms with van der Waals surface area (Å²) in [5, 5.41) is 13.1. The fourth-order valence-electron chi connectivity index (χ4n) is 3.56. The summed E-state index contributed by atoms with van der Waals surface area (Å²) in [7, 11) is -4.36. The highest BCUT2D eigenvalue weighted by atomic mass is 32.2. The second-order valence-corrected chi connectivity index (χ2v) is 10.5. The summed E-state index contributed by atoms with van der Waals surface area (Å²) >= 11 is 0.612. The third-order valence-electron chi connectivity index (χ3n) is 5.48. The van der Waals surface area contributed by atoms with Crippen LogP contribution in [0, 0.1) is 5.82 Å². The molecule has 2 atom stereocenters. The molecule has 4 rings (SSSR count). The van der Waals surface area contributed by atoms with Crippen LogP contribution < -0.4 is 4.72 Å². The number of halogens is 4. The fraction of sp³-hybridized carbons (Fsp3) is 0.263. The van der Waals surface area contributed by atoms with Crippen molar-refractivity contribution in [1.82, 2.24) is 9.88 Å². The number of alkyl halides is 3. The fourth-order valence-corrected chi connectivity index (χ4v) is 6.28. The van der Waals surface area contributed by atoms with Gasteiger partial charge in [-0.1, -0.05) is 24.2 Å². The minimum Gasteiger partial charge on any atom is -0.480 e. The van der Waals surface area contributed by atoms with E-state index in [1.165, 1.54) is 18.2 Å².